The lowest BCUT2D eigenvalue weighted by Gasteiger charge is -2.21. The molecule has 6 nitrogen and oxygen atoms in total. The highest BCUT2D eigenvalue weighted by atomic mass is 16.7. The van der Waals surface area contributed by atoms with Gasteiger partial charge in [-0.25, -0.2) is 4.98 Å². The van der Waals surface area contributed by atoms with Gasteiger partial charge in [-0.15, -0.1) is 0 Å². The first kappa shape index (κ1) is 14.1. The van der Waals surface area contributed by atoms with Crippen LogP contribution in [0.15, 0.2) is 30.5 Å². The Balaban J connectivity index is 1.52. The number of hydrogen-bond donors (Lipinski definition) is 1. The summed E-state index contributed by atoms with van der Waals surface area (Å²) in [6, 6.07) is 7.72. The monoisotopic (exact) mass is 312 g/mol. The predicted molar refractivity (Wildman–Crippen MR) is 88.6 cm³/mol. The lowest BCUT2D eigenvalue weighted by molar-refractivity contribution is 0.174. The molecule has 0 aliphatic carbocycles. The summed E-state index contributed by atoms with van der Waals surface area (Å²) in [4.78, 5) is 11.3. The maximum atomic E-state index is 5.40. The molecule has 0 radical (unpaired) electrons. The summed E-state index contributed by atoms with van der Waals surface area (Å²) >= 11 is 0. The van der Waals surface area contributed by atoms with Crippen LogP contribution in [0.1, 0.15) is 25.7 Å². The van der Waals surface area contributed by atoms with Crippen molar-refractivity contribution in [2.24, 2.45) is 0 Å². The van der Waals surface area contributed by atoms with Crippen molar-refractivity contribution in [2.45, 2.75) is 25.7 Å². The lowest BCUT2D eigenvalue weighted by atomic mass is 10.2. The topological polar surface area (TPSA) is 59.5 Å². The van der Waals surface area contributed by atoms with Crippen molar-refractivity contribution in [3.05, 3.63) is 30.5 Å². The van der Waals surface area contributed by atoms with Gasteiger partial charge in [-0.3, -0.25) is 0 Å². The summed E-state index contributed by atoms with van der Waals surface area (Å²) in [6.45, 7) is 2.42. The van der Waals surface area contributed by atoms with Gasteiger partial charge in [0, 0.05) is 31.0 Å². The Bertz CT molecular complexity index is 684. The van der Waals surface area contributed by atoms with Crippen molar-refractivity contribution in [3.63, 3.8) is 0 Å². The number of ether oxygens (including phenoxy) is 2. The Labute approximate surface area is 135 Å². The number of fused-ring (bicyclic) bond motifs is 1. The van der Waals surface area contributed by atoms with E-state index in [-0.39, 0.29) is 6.79 Å². The zero-order valence-electron chi connectivity index (χ0n) is 13.0. The maximum absolute atomic E-state index is 5.40. The molecule has 1 fully saturated rings. The smallest absolute Gasteiger partial charge is 0.231 e. The SMILES string of the molecule is c1cc(N2CCCCCC2)nc(Nc2ccc3c(c2)OCO3)n1. The summed E-state index contributed by atoms with van der Waals surface area (Å²) in [6.07, 6.45) is 6.89. The first-order valence-electron chi connectivity index (χ1n) is 8.13. The Hall–Kier alpha value is -2.50. The molecule has 23 heavy (non-hydrogen) atoms. The van der Waals surface area contributed by atoms with Crippen molar-refractivity contribution >= 4 is 17.5 Å². The summed E-state index contributed by atoms with van der Waals surface area (Å²) < 4.78 is 10.7. The van der Waals surface area contributed by atoms with Gasteiger partial charge in [-0.05, 0) is 31.0 Å². The summed E-state index contributed by atoms with van der Waals surface area (Å²) in [5.74, 6) is 3.12. The van der Waals surface area contributed by atoms with Crippen LogP contribution >= 0.6 is 0 Å². The third-order valence-corrected chi connectivity index (χ3v) is 4.20. The van der Waals surface area contributed by atoms with Crippen LogP contribution in [-0.4, -0.2) is 29.9 Å². The van der Waals surface area contributed by atoms with E-state index >= 15 is 0 Å². The Morgan fingerprint density at radius 2 is 1.78 bits per heavy atom. The van der Waals surface area contributed by atoms with E-state index in [1.807, 2.05) is 30.5 Å². The van der Waals surface area contributed by atoms with Gasteiger partial charge in [0.05, 0.1) is 0 Å². The molecule has 1 saturated heterocycles. The van der Waals surface area contributed by atoms with Crippen LogP contribution in [0.5, 0.6) is 11.5 Å². The molecule has 0 amide bonds. The van der Waals surface area contributed by atoms with Crippen LogP contribution < -0.4 is 19.7 Å². The van der Waals surface area contributed by atoms with E-state index in [0.29, 0.717) is 5.95 Å². The first-order chi connectivity index (χ1) is 11.4. The molecule has 120 valence electrons. The van der Waals surface area contributed by atoms with Crippen molar-refractivity contribution in [3.8, 4) is 11.5 Å². The van der Waals surface area contributed by atoms with Crippen LogP contribution in [0.25, 0.3) is 0 Å². The highest BCUT2D eigenvalue weighted by Crippen LogP contribution is 2.34. The average Bonchev–Trinajstić information content (AvgIpc) is 2.87. The van der Waals surface area contributed by atoms with Crippen LogP contribution in [0.2, 0.25) is 0 Å². The molecular weight excluding hydrogens is 292 g/mol. The molecule has 1 aromatic heterocycles. The van der Waals surface area contributed by atoms with Crippen LogP contribution in [0.4, 0.5) is 17.5 Å². The minimum atomic E-state index is 0.278. The highest BCUT2D eigenvalue weighted by Gasteiger charge is 2.15. The molecule has 1 N–H and O–H groups in total. The fourth-order valence-corrected chi connectivity index (χ4v) is 2.99. The number of nitrogens with zero attached hydrogens (tertiary/aromatic N) is 3. The average molecular weight is 312 g/mol. The molecule has 0 atom stereocenters. The van der Waals surface area contributed by atoms with E-state index in [1.54, 1.807) is 0 Å². The van der Waals surface area contributed by atoms with Gasteiger partial charge in [0.15, 0.2) is 11.5 Å². The summed E-state index contributed by atoms with van der Waals surface area (Å²) in [5.41, 5.74) is 0.891. The van der Waals surface area contributed by atoms with Gasteiger partial charge in [-0.2, -0.15) is 4.98 Å². The fourth-order valence-electron chi connectivity index (χ4n) is 2.99. The van der Waals surface area contributed by atoms with Crippen LogP contribution in [0.3, 0.4) is 0 Å². The Morgan fingerprint density at radius 3 is 2.65 bits per heavy atom. The number of aromatic nitrogens is 2. The summed E-state index contributed by atoms with van der Waals surface area (Å²) in [7, 11) is 0. The van der Waals surface area contributed by atoms with Crippen LogP contribution in [0, 0.1) is 0 Å². The second-order valence-electron chi connectivity index (χ2n) is 5.83. The molecule has 4 rings (SSSR count). The Kier molecular flexibility index (Phi) is 3.88. The minimum Gasteiger partial charge on any atom is -0.454 e. The molecule has 2 aliphatic heterocycles. The zero-order valence-corrected chi connectivity index (χ0v) is 13.0. The molecule has 0 spiro atoms. The molecule has 0 saturated carbocycles. The van der Waals surface area contributed by atoms with E-state index in [4.69, 9.17) is 9.47 Å². The second kappa shape index (κ2) is 6.32. The third kappa shape index (κ3) is 3.16. The van der Waals surface area contributed by atoms with Crippen molar-refractivity contribution < 1.29 is 9.47 Å². The normalized spacial score (nSPS) is 17.0. The molecule has 2 aromatic rings. The summed E-state index contributed by atoms with van der Waals surface area (Å²) in [5, 5.41) is 3.24. The molecule has 6 heteroatoms. The van der Waals surface area contributed by atoms with Gasteiger partial charge in [-0.1, -0.05) is 12.8 Å². The third-order valence-electron chi connectivity index (χ3n) is 4.20. The van der Waals surface area contributed by atoms with Gasteiger partial charge in [0.2, 0.25) is 12.7 Å². The van der Waals surface area contributed by atoms with Crippen molar-refractivity contribution in [1.29, 1.82) is 0 Å². The minimum absolute atomic E-state index is 0.278. The van der Waals surface area contributed by atoms with Gasteiger partial charge < -0.3 is 19.7 Å². The van der Waals surface area contributed by atoms with Crippen molar-refractivity contribution in [2.75, 3.05) is 30.1 Å². The number of hydrogen-bond acceptors (Lipinski definition) is 6. The van der Waals surface area contributed by atoms with E-state index < -0.39 is 0 Å². The van der Waals surface area contributed by atoms with Crippen LogP contribution in [-0.2, 0) is 0 Å². The molecular formula is C17H20N4O2. The molecule has 1 aromatic carbocycles. The molecule has 2 aliphatic rings. The standard InChI is InChI=1S/C17H20N4O2/c1-2-4-10-21(9-3-1)16-7-8-18-17(20-16)19-13-5-6-14-15(11-13)23-12-22-14/h5-8,11H,1-4,9-10,12H2,(H,18,19,20). The first-order valence-corrected chi connectivity index (χ1v) is 8.13. The van der Waals surface area contributed by atoms with Gasteiger partial charge >= 0.3 is 0 Å². The largest absolute Gasteiger partial charge is 0.454 e. The van der Waals surface area contributed by atoms with E-state index in [0.717, 1.165) is 36.1 Å². The van der Waals surface area contributed by atoms with E-state index in [2.05, 4.69) is 20.2 Å². The zero-order chi connectivity index (χ0) is 15.5. The van der Waals surface area contributed by atoms with Gasteiger partial charge in [0.25, 0.3) is 0 Å². The molecule has 0 unspecified atom stereocenters. The highest BCUT2D eigenvalue weighted by molar-refractivity contribution is 5.61. The quantitative estimate of drug-likeness (QED) is 0.938. The number of anilines is 3. The van der Waals surface area contributed by atoms with Gasteiger partial charge in [0.1, 0.15) is 5.82 Å². The maximum Gasteiger partial charge on any atom is 0.231 e. The molecule has 3 heterocycles. The Morgan fingerprint density at radius 1 is 0.957 bits per heavy atom. The number of benzene rings is 1. The second-order valence-corrected chi connectivity index (χ2v) is 5.83. The number of nitrogens with one attached hydrogen (secondary N) is 1. The predicted octanol–water partition coefficient (Wildman–Crippen LogP) is 3.33. The fraction of sp³-hybridized carbons (Fsp3) is 0.412. The van der Waals surface area contributed by atoms with E-state index in [9.17, 15) is 0 Å². The van der Waals surface area contributed by atoms with Crippen molar-refractivity contribution in [1.82, 2.24) is 9.97 Å². The lowest BCUT2D eigenvalue weighted by Crippen LogP contribution is -2.25. The molecule has 0 bridgehead atoms. The number of rotatable bonds is 3. The van der Waals surface area contributed by atoms with E-state index in [1.165, 1.54) is 25.7 Å².